The summed E-state index contributed by atoms with van der Waals surface area (Å²) in [4.78, 5) is 11.0. The lowest BCUT2D eigenvalue weighted by Gasteiger charge is -2.65. The molecule has 2 nitrogen and oxygen atoms in total. The van der Waals surface area contributed by atoms with Gasteiger partial charge < -0.3 is 9.53 Å². The summed E-state index contributed by atoms with van der Waals surface area (Å²) in [5.41, 5.74) is 0.615. The molecule has 0 aromatic rings. The third-order valence-electron chi connectivity index (χ3n) is 7.70. The molecule has 5 atom stereocenters. The topological polar surface area (TPSA) is 26.3 Å². The summed E-state index contributed by atoms with van der Waals surface area (Å²) < 4.78 is 6.66. The number of hydrogen-bond acceptors (Lipinski definition) is 2. The van der Waals surface area contributed by atoms with Gasteiger partial charge in [-0.1, -0.05) is 27.2 Å². The van der Waals surface area contributed by atoms with Gasteiger partial charge in [0.05, 0.1) is 11.2 Å². The van der Waals surface area contributed by atoms with Gasteiger partial charge in [0.1, 0.15) is 6.29 Å². The van der Waals surface area contributed by atoms with Gasteiger partial charge in [-0.25, -0.2) is 0 Å². The zero-order chi connectivity index (χ0) is 16.2. The van der Waals surface area contributed by atoms with Gasteiger partial charge in [-0.3, -0.25) is 0 Å². The van der Waals surface area contributed by atoms with Crippen LogP contribution in [0.5, 0.6) is 0 Å². The van der Waals surface area contributed by atoms with E-state index in [0.29, 0.717) is 23.2 Å². The summed E-state index contributed by atoms with van der Waals surface area (Å²) in [7, 11) is 0. The van der Waals surface area contributed by atoms with Crippen molar-refractivity contribution in [2.24, 2.45) is 22.7 Å². The van der Waals surface area contributed by atoms with Gasteiger partial charge in [0.2, 0.25) is 0 Å². The molecule has 3 rings (SSSR count). The average molecular weight is 306 g/mol. The predicted molar refractivity (Wildman–Crippen MR) is 89.8 cm³/mol. The summed E-state index contributed by atoms with van der Waals surface area (Å²) >= 11 is 0. The zero-order valence-electron chi connectivity index (χ0n) is 15.2. The van der Waals surface area contributed by atoms with Crippen molar-refractivity contribution in [3.63, 3.8) is 0 Å². The van der Waals surface area contributed by atoms with Crippen molar-refractivity contribution in [1.82, 2.24) is 0 Å². The first kappa shape index (κ1) is 16.5. The van der Waals surface area contributed by atoms with Gasteiger partial charge in [0.25, 0.3) is 0 Å². The number of fused-ring (bicyclic) bond motifs is 3. The minimum Gasteiger partial charge on any atom is -0.368 e. The predicted octanol–water partition coefficient (Wildman–Crippen LogP) is 5.15. The van der Waals surface area contributed by atoms with Crippen LogP contribution in [0, 0.1) is 22.7 Å². The molecule has 3 fully saturated rings. The number of hydrogen-bond donors (Lipinski definition) is 0. The lowest BCUT2D eigenvalue weighted by molar-refractivity contribution is -0.264. The molecule has 1 heterocycles. The molecule has 1 aliphatic heterocycles. The van der Waals surface area contributed by atoms with E-state index in [1.807, 2.05) is 0 Å². The Morgan fingerprint density at radius 3 is 2.32 bits per heavy atom. The van der Waals surface area contributed by atoms with Crippen molar-refractivity contribution in [1.29, 1.82) is 0 Å². The molecule has 0 spiro atoms. The maximum Gasteiger partial charge on any atom is 0.122 e. The van der Waals surface area contributed by atoms with Crippen molar-refractivity contribution in [3.05, 3.63) is 0 Å². The molecule has 0 aromatic heterocycles. The summed E-state index contributed by atoms with van der Waals surface area (Å²) in [5.74, 6) is 1.48. The van der Waals surface area contributed by atoms with Crippen LogP contribution in [-0.2, 0) is 9.53 Å². The Balaban J connectivity index is 1.90. The average Bonchev–Trinajstić information content (AvgIpc) is 2.36. The highest BCUT2D eigenvalue weighted by atomic mass is 16.5. The van der Waals surface area contributed by atoms with Crippen molar-refractivity contribution in [2.75, 3.05) is 0 Å². The maximum atomic E-state index is 11.0. The van der Waals surface area contributed by atoms with Gasteiger partial charge in [0.15, 0.2) is 0 Å². The van der Waals surface area contributed by atoms with Crippen LogP contribution in [0.25, 0.3) is 0 Å². The van der Waals surface area contributed by atoms with Gasteiger partial charge in [-0.15, -0.1) is 0 Å². The minimum absolute atomic E-state index is 0.0331. The van der Waals surface area contributed by atoms with Gasteiger partial charge in [-0.2, -0.15) is 0 Å². The molecule has 1 saturated heterocycles. The van der Waals surface area contributed by atoms with E-state index in [4.69, 9.17) is 4.74 Å². The van der Waals surface area contributed by atoms with Crippen molar-refractivity contribution in [3.8, 4) is 0 Å². The monoisotopic (exact) mass is 306 g/mol. The normalized spacial score (nSPS) is 50.8. The van der Waals surface area contributed by atoms with Crippen molar-refractivity contribution < 1.29 is 9.53 Å². The molecule has 126 valence electrons. The van der Waals surface area contributed by atoms with Crippen molar-refractivity contribution in [2.45, 2.75) is 97.2 Å². The molecular weight excluding hydrogens is 272 g/mol. The second-order valence-electron chi connectivity index (χ2n) is 9.77. The number of ether oxygens (including phenoxy) is 1. The fourth-order valence-electron chi connectivity index (χ4n) is 6.75. The standard InChI is InChI=1S/C20H34O2/c1-17(2)9-6-10-19(4)15(17)8-12-20(5)16(19)7-11-18(3,22-20)13-14-21/h14-16H,6-13H2,1-5H3/t15-,16+,18+,19-,20+/m1/s1. The molecule has 3 aliphatic rings. The van der Waals surface area contributed by atoms with Crippen LogP contribution in [0.4, 0.5) is 0 Å². The summed E-state index contributed by atoms with van der Waals surface area (Å²) in [5, 5.41) is 0. The Labute approximate surface area is 136 Å². The molecular formula is C20H34O2. The number of rotatable bonds is 2. The first-order valence-electron chi connectivity index (χ1n) is 9.29. The van der Waals surface area contributed by atoms with Crippen LogP contribution in [0.1, 0.15) is 86.0 Å². The second-order valence-corrected chi connectivity index (χ2v) is 9.77. The number of aldehydes is 1. The van der Waals surface area contributed by atoms with Crippen molar-refractivity contribution >= 4 is 6.29 Å². The molecule has 0 unspecified atom stereocenters. The summed E-state index contributed by atoms with van der Waals surface area (Å²) in [6, 6.07) is 0. The number of carbonyl (C=O) groups is 1. The molecule has 2 heteroatoms. The highest BCUT2D eigenvalue weighted by molar-refractivity contribution is 5.51. The lowest BCUT2D eigenvalue weighted by Crippen LogP contribution is -2.62. The van der Waals surface area contributed by atoms with E-state index in [0.717, 1.165) is 25.0 Å². The zero-order valence-corrected chi connectivity index (χ0v) is 15.2. The molecule has 0 bridgehead atoms. The van der Waals surface area contributed by atoms with E-state index >= 15 is 0 Å². The first-order valence-corrected chi connectivity index (χ1v) is 9.29. The van der Waals surface area contributed by atoms with E-state index in [2.05, 4.69) is 34.6 Å². The number of carbonyl (C=O) groups excluding carboxylic acids is 1. The molecule has 2 aliphatic carbocycles. The Morgan fingerprint density at radius 1 is 0.955 bits per heavy atom. The van der Waals surface area contributed by atoms with Gasteiger partial charge in [-0.05, 0) is 75.0 Å². The maximum absolute atomic E-state index is 11.0. The lowest BCUT2D eigenvalue weighted by atomic mass is 9.44. The molecule has 0 N–H and O–H groups in total. The molecule has 22 heavy (non-hydrogen) atoms. The SMILES string of the molecule is CC1(C)CCC[C@]2(C)[C@@H]1CC[C@]1(C)O[C@](C)(CC=O)CC[C@@H]21. The Kier molecular flexibility index (Phi) is 3.79. The smallest absolute Gasteiger partial charge is 0.122 e. The van der Waals surface area contributed by atoms with E-state index in [1.165, 1.54) is 32.1 Å². The second kappa shape index (κ2) is 5.06. The molecule has 2 saturated carbocycles. The van der Waals surface area contributed by atoms with Crippen LogP contribution in [0.3, 0.4) is 0 Å². The summed E-state index contributed by atoms with van der Waals surface area (Å²) in [6.07, 6.45) is 10.4. The molecule has 0 aromatic carbocycles. The third kappa shape index (κ3) is 2.37. The first-order chi connectivity index (χ1) is 10.2. The van der Waals surface area contributed by atoms with Gasteiger partial charge in [0, 0.05) is 6.42 Å². The van der Waals surface area contributed by atoms with E-state index in [1.54, 1.807) is 0 Å². The quantitative estimate of drug-likeness (QED) is 0.660. The summed E-state index contributed by atoms with van der Waals surface area (Å²) in [6.45, 7) is 12.0. The Morgan fingerprint density at radius 2 is 1.64 bits per heavy atom. The van der Waals surface area contributed by atoms with Crippen LogP contribution in [0.15, 0.2) is 0 Å². The van der Waals surface area contributed by atoms with Crippen LogP contribution in [0.2, 0.25) is 0 Å². The van der Waals surface area contributed by atoms with Crippen LogP contribution >= 0.6 is 0 Å². The Hall–Kier alpha value is -0.370. The van der Waals surface area contributed by atoms with E-state index in [-0.39, 0.29) is 11.2 Å². The van der Waals surface area contributed by atoms with Crippen LogP contribution in [-0.4, -0.2) is 17.5 Å². The van der Waals surface area contributed by atoms with E-state index < -0.39 is 0 Å². The highest BCUT2D eigenvalue weighted by Gasteiger charge is 2.61. The third-order valence-corrected chi connectivity index (χ3v) is 7.70. The fraction of sp³-hybridized carbons (Fsp3) is 0.950. The molecule has 0 amide bonds. The molecule has 0 radical (unpaired) electrons. The highest BCUT2D eigenvalue weighted by Crippen LogP contribution is 2.65. The minimum atomic E-state index is -0.236. The van der Waals surface area contributed by atoms with E-state index in [9.17, 15) is 4.79 Å². The largest absolute Gasteiger partial charge is 0.368 e. The van der Waals surface area contributed by atoms with Crippen LogP contribution < -0.4 is 0 Å². The van der Waals surface area contributed by atoms with Gasteiger partial charge >= 0.3 is 0 Å². The Bertz CT molecular complexity index is 457. The fourth-order valence-corrected chi connectivity index (χ4v) is 6.75.